The zero-order chi connectivity index (χ0) is 7.56. The Bertz CT molecular complexity index is 217. The predicted octanol–water partition coefficient (Wildman–Crippen LogP) is 1.08. The molecule has 0 aromatic heterocycles. The maximum atomic E-state index is 10.1. The Labute approximate surface area is 57.9 Å². The van der Waals surface area contributed by atoms with Gasteiger partial charge in [0.1, 0.15) is 5.76 Å². The Kier molecular flexibility index (Phi) is 1.71. The van der Waals surface area contributed by atoms with Crippen molar-refractivity contribution in [3.05, 3.63) is 33.7 Å². The van der Waals surface area contributed by atoms with Gasteiger partial charge in [-0.25, -0.2) is 0 Å². The van der Waals surface area contributed by atoms with E-state index in [0.717, 1.165) is 0 Å². The molecule has 0 unspecified atom stereocenters. The van der Waals surface area contributed by atoms with Crippen LogP contribution in [0.5, 0.6) is 0 Å². The van der Waals surface area contributed by atoms with Crippen LogP contribution in [0.15, 0.2) is 23.6 Å². The van der Waals surface area contributed by atoms with E-state index in [4.69, 9.17) is 4.74 Å². The molecule has 10 heavy (non-hydrogen) atoms. The van der Waals surface area contributed by atoms with Crippen LogP contribution >= 0.6 is 0 Å². The average molecular weight is 141 g/mol. The SMILES string of the molecule is COC1=CC=C([N+](=O)[O-])C1. The van der Waals surface area contributed by atoms with Gasteiger partial charge in [-0.3, -0.25) is 10.1 Å². The van der Waals surface area contributed by atoms with Crippen LogP contribution < -0.4 is 0 Å². The Morgan fingerprint density at radius 1 is 1.70 bits per heavy atom. The number of hydrogen-bond donors (Lipinski definition) is 0. The van der Waals surface area contributed by atoms with Crippen molar-refractivity contribution in [2.75, 3.05) is 7.11 Å². The molecule has 0 amide bonds. The Morgan fingerprint density at radius 2 is 2.40 bits per heavy atom. The first kappa shape index (κ1) is 6.80. The van der Waals surface area contributed by atoms with Gasteiger partial charge in [-0.05, 0) is 6.08 Å². The molecule has 0 heterocycles. The summed E-state index contributed by atoms with van der Waals surface area (Å²) in [6.07, 6.45) is 3.38. The molecule has 0 fully saturated rings. The molecule has 0 saturated heterocycles. The molecule has 4 nitrogen and oxygen atoms in total. The molecular weight excluding hydrogens is 134 g/mol. The average Bonchev–Trinajstić information content (AvgIpc) is 2.34. The van der Waals surface area contributed by atoms with E-state index in [2.05, 4.69) is 0 Å². The summed E-state index contributed by atoms with van der Waals surface area (Å²) in [5.74, 6) is 0.645. The Balaban J connectivity index is 2.56. The molecule has 0 N–H and O–H groups in total. The highest BCUT2D eigenvalue weighted by atomic mass is 16.6. The van der Waals surface area contributed by atoms with Crippen molar-refractivity contribution < 1.29 is 9.66 Å². The van der Waals surface area contributed by atoms with Crippen LogP contribution in [-0.2, 0) is 4.74 Å². The van der Waals surface area contributed by atoms with Crippen LogP contribution in [0.25, 0.3) is 0 Å². The quantitative estimate of drug-likeness (QED) is 0.427. The molecular formula is C6H7NO3. The summed E-state index contributed by atoms with van der Waals surface area (Å²) in [6, 6.07) is 0. The second kappa shape index (κ2) is 2.51. The van der Waals surface area contributed by atoms with E-state index >= 15 is 0 Å². The first-order chi connectivity index (χ1) is 4.74. The van der Waals surface area contributed by atoms with Crippen molar-refractivity contribution in [3.63, 3.8) is 0 Å². The summed E-state index contributed by atoms with van der Waals surface area (Å²) >= 11 is 0. The number of nitrogens with zero attached hydrogens (tertiary/aromatic N) is 1. The molecule has 0 aromatic rings. The molecule has 1 aliphatic carbocycles. The van der Waals surface area contributed by atoms with Crippen molar-refractivity contribution in [2.45, 2.75) is 6.42 Å². The van der Waals surface area contributed by atoms with Crippen molar-refractivity contribution in [3.8, 4) is 0 Å². The van der Waals surface area contributed by atoms with Gasteiger partial charge in [0.15, 0.2) is 0 Å². The monoisotopic (exact) mass is 141 g/mol. The standard InChI is InChI=1S/C6H7NO3/c1-10-6-3-2-5(4-6)7(8)9/h2-3H,4H2,1H3. The number of nitro groups is 1. The minimum Gasteiger partial charge on any atom is -0.500 e. The van der Waals surface area contributed by atoms with Crippen LogP contribution in [-0.4, -0.2) is 12.0 Å². The number of rotatable bonds is 2. The second-order valence-electron chi connectivity index (χ2n) is 1.93. The summed E-state index contributed by atoms with van der Waals surface area (Å²) in [7, 11) is 1.50. The summed E-state index contributed by atoms with van der Waals surface area (Å²) in [4.78, 5) is 9.71. The molecule has 0 spiro atoms. The van der Waals surface area contributed by atoms with Crippen LogP contribution in [0.2, 0.25) is 0 Å². The van der Waals surface area contributed by atoms with Crippen LogP contribution in [0.3, 0.4) is 0 Å². The largest absolute Gasteiger partial charge is 0.500 e. The Morgan fingerprint density at radius 3 is 2.70 bits per heavy atom. The first-order valence-electron chi connectivity index (χ1n) is 2.82. The van der Waals surface area contributed by atoms with Gasteiger partial charge in [-0.1, -0.05) is 0 Å². The van der Waals surface area contributed by atoms with Crippen molar-refractivity contribution in [2.24, 2.45) is 0 Å². The fourth-order valence-electron chi connectivity index (χ4n) is 0.751. The van der Waals surface area contributed by atoms with Crippen molar-refractivity contribution >= 4 is 0 Å². The van der Waals surface area contributed by atoms with Crippen molar-refractivity contribution in [1.29, 1.82) is 0 Å². The molecule has 0 atom stereocenters. The third kappa shape index (κ3) is 1.15. The molecule has 0 saturated carbocycles. The topological polar surface area (TPSA) is 52.4 Å². The highest BCUT2D eigenvalue weighted by Crippen LogP contribution is 2.18. The van der Waals surface area contributed by atoms with Crippen LogP contribution in [0.1, 0.15) is 6.42 Å². The van der Waals surface area contributed by atoms with Gasteiger partial charge < -0.3 is 4.74 Å². The molecule has 0 bridgehead atoms. The first-order valence-corrected chi connectivity index (χ1v) is 2.82. The third-order valence-corrected chi connectivity index (χ3v) is 1.31. The van der Waals surface area contributed by atoms with Gasteiger partial charge in [0.2, 0.25) is 0 Å². The number of hydrogen-bond acceptors (Lipinski definition) is 3. The lowest BCUT2D eigenvalue weighted by Gasteiger charge is -1.96. The maximum absolute atomic E-state index is 10.1. The lowest BCUT2D eigenvalue weighted by molar-refractivity contribution is -0.426. The maximum Gasteiger partial charge on any atom is 0.253 e. The fraction of sp³-hybridized carbons (Fsp3) is 0.333. The van der Waals surface area contributed by atoms with Gasteiger partial charge in [-0.15, -0.1) is 0 Å². The molecule has 1 aliphatic rings. The highest BCUT2D eigenvalue weighted by Gasteiger charge is 2.17. The molecule has 0 radical (unpaired) electrons. The van der Waals surface area contributed by atoms with E-state index in [0.29, 0.717) is 12.2 Å². The zero-order valence-electron chi connectivity index (χ0n) is 5.53. The molecule has 1 rings (SSSR count). The lowest BCUT2D eigenvalue weighted by Crippen LogP contribution is -1.96. The molecule has 4 heteroatoms. The number of ether oxygens (including phenoxy) is 1. The van der Waals surface area contributed by atoms with Gasteiger partial charge >= 0.3 is 0 Å². The summed E-state index contributed by atoms with van der Waals surface area (Å²) in [6.45, 7) is 0. The smallest absolute Gasteiger partial charge is 0.253 e. The van der Waals surface area contributed by atoms with E-state index < -0.39 is 4.92 Å². The lowest BCUT2D eigenvalue weighted by atomic mass is 10.4. The summed E-state index contributed by atoms with van der Waals surface area (Å²) in [5.41, 5.74) is 0.192. The van der Waals surface area contributed by atoms with E-state index in [-0.39, 0.29) is 5.70 Å². The number of allylic oxidation sites excluding steroid dienone is 2. The fourth-order valence-corrected chi connectivity index (χ4v) is 0.751. The van der Waals surface area contributed by atoms with Crippen molar-refractivity contribution in [1.82, 2.24) is 0 Å². The van der Waals surface area contributed by atoms with E-state index in [1.54, 1.807) is 6.08 Å². The third-order valence-electron chi connectivity index (χ3n) is 1.31. The Hall–Kier alpha value is -1.32. The van der Waals surface area contributed by atoms with Gasteiger partial charge in [-0.2, -0.15) is 0 Å². The van der Waals surface area contributed by atoms with E-state index in [1.165, 1.54) is 13.2 Å². The normalized spacial score (nSPS) is 16.1. The van der Waals surface area contributed by atoms with Crippen LogP contribution in [0.4, 0.5) is 0 Å². The van der Waals surface area contributed by atoms with E-state index in [9.17, 15) is 10.1 Å². The highest BCUT2D eigenvalue weighted by molar-refractivity contribution is 5.22. The number of methoxy groups -OCH3 is 1. The van der Waals surface area contributed by atoms with Gasteiger partial charge in [0, 0.05) is 6.08 Å². The van der Waals surface area contributed by atoms with Crippen LogP contribution in [0, 0.1) is 10.1 Å². The second-order valence-corrected chi connectivity index (χ2v) is 1.93. The predicted molar refractivity (Wildman–Crippen MR) is 34.8 cm³/mol. The summed E-state index contributed by atoms with van der Waals surface area (Å²) in [5, 5.41) is 10.1. The van der Waals surface area contributed by atoms with Gasteiger partial charge in [0.25, 0.3) is 5.70 Å². The summed E-state index contributed by atoms with van der Waals surface area (Å²) < 4.78 is 4.80. The molecule has 0 aliphatic heterocycles. The van der Waals surface area contributed by atoms with E-state index in [1.807, 2.05) is 0 Å². The zero-order valence-corrected chi connectivity index (χ0v) is 5.53. The molecule has 0 aromatic carbocycles. The minimum absolute atomic E-state index is 0.192. The van der Waals surface area contributed by atoms with Gasteiger partial charge in [0.05, 0.1) is 18.5 Å². The molecule has 54 valence electrons. The minimum atomic E-state index is -0.400.